The molecule has 1 N–H and O–H groups in total. The van der Waals surface area contributed by atoms with Crippen molar-refractivity contribution >= 4 is 33.2 Å². The molecule has 0 aromatic heterocycles. The van der Waals surface area contributed by atoms with Crippen LogP contribution in [0.2, 0.25) is 5.02 Å². The Hall–Kier alpha value is -2.25. The minimum atomic E-state index is -3.32. The lowest BCUT2D eigenvalue weighted by molar-refractivity contribution is -0.127. The van der Waals surface area contributed by atoms with Crippen molar-refractivity contribution in [2.45, 2.75) is 19.4 Å². The maximum atomic E-state index is 12.2. The number of anilines is 1. The lowest BCUT2D eigenvalue weighted by atomic mass is 10.1. The number of halogens is 1. The van der Waals surface area contributed by atoms with Crippen LogP contribution >= 0.6 is 11.6 Å². The maximum Gasteiger partial charge on any atom is 0.260 e. The van der Waals surface area contributed by atoms with E-state index in [4.69, 9.17) is 16.3 Å². The Morgan fingerprint density at radius 2 is 1.74 bits per heavy atom. The largest absolute Gasteiger partial charge is 0.481 e. The van der Waals surface area contributed by atoms with Gasteiger partial charge in [0.15, 0.2) is 6.10 Å². The van der Waals surface area contributed by atoms with E-state index in [0.717, 1.165) is 11.8 Å². The predicted octanol–water partition coefficient (Wildman–Crippen LogP) is 2.86. The van der Waals surface area contributed by atoms with Crippen LogP contribution in [0.25, 0.3) is 0 Å². The van der Waals surface area contributed by atoms with Crippen LogP contribution in [0.5, 0.6) is 5.75 Å². The zero-order valence-electron chi connectivity index (χ0n) is 15.5. The fraction of sp³-hybridized carbons (Fsp3) is 0.316. The zero-order chi connectivity index (χ0) is 20.0. The highest BCUT2D eigenvalue weighted by atomic mass is 35.5. The molecule has 0 bridgehead atoms. The smallest absolute Gasteiger partial charge is 0.260 e. The third-order valence-corrected chi connectivity index (χ3v) is 5.46. The Morgan fingerprint density at radius 3 is 2.30 bits per heavy atom. The molecule has 0 heterocycles. The summed E-state index contributed by atoms with van der Waals surface area (Å²) in [6.45, 7) is 2.15. The van der Waals surface area contributed by atoms with Gasteiger partial charge in [-0.25, -0.2) is 8.42 Å². The Bertz CT molecular complexity index is 868. The summed E-state index contributed by atoms with van der Waals surface area (Å²) in [5.41, 5.74) is 1.60. The van der Waals surface area contributed by atoms with Crippen molar-refractivity contribution in [1.82, 2.24) is 5.32 Å². The summed E-state index contributed by atoms with van der Waals surface area (Å²) >= 11 is 5.85. The van der Waals surface area contributed by atoms with E-state index in [1.165, 1.54) is 11.4 Å². The normalized spacial score (nSPS) is 12.3. The first-order chi connectivity index (χ1) is 12.7. The molecule has 8 heteroatoms. The van der Waals surface area contributed by atoms with Gasteiger partial charge in [0, 0.05) is 18.6 Å². The third-order valence-electron chi connectivity index (χ3n) is 4.01. The van der Waals surface area contributed by atoms with Gasteiger partial charge in [-0.2, -0.15) is 0 Å². The number of hydrogen-bond acceptors (Lipinski definition) is 4. The zero-order valence-corrected chi connectivity index (χ0v) is 17.0. The number of hydrogen-bond donors (Lipinski definition) is 1. The SMILES string of the molecule is C[C@H](Oc1ccc(N(C)S(C)(=O)=O)cc1)C(=O)NCCc1ccc(Cl)cc1. The molecule has 6 nitrogen and oxygen atoms in total. The van der Waals surface area contributed by atoms with Gasteiger partial charge >= 0.3 is 0 Å². The highest BCUT2D eigenvalue weighted by molar-refractivity contribution is 7.92. The van der Waals surface area contributed by atoms with Crippen molar-refractivity contribution in [1.29, 1.82) is 0 Å². The Balaban J connectivity index is 1.84. The molecule has 1 atom stereocenters. The van der Waals surface area contributed by atoms with Crippen molar-refractivity contribution < 1.29 is 17.9 Å². The molecule has 0 spiro atoms. The Morgan fingerprint density at radius 1 is 1.15 bits per heavy atom. The minimum absolute atomic E-state index is 0.221. The highest BCUT2D eigenvalue weighted by Gasteiger charge is 2.15. The molecule has 0 aliphatic carbocycles. The molecule has 2 rings (SSSR count). The topological polar surface area (TPSA) is 75.7 Å². The number of rotatable bonds is 8. The van der Waals surface area contributed by atoms with Crippen molar-refractivity contribution in [3.63, 3.8) is 0 Å². The standard InChI is InChI=1S/C19H23ClN2O4S/c1-14(19(23)21-13-12-15-4-6-16(20)7-5-15)26-18-10-8-17(9-11-18)22(2)27(3,24)25/h4-11,14H,12-13H2,1-3H3,(H,21,23)/t14-/m0/s1. The number of carbonyl (C=O) groups is 1. The van der Waals surface area contributed by atoms with Crippen LogP contribution in [0, 0.1) is 0 Å². The van der Waals surface area contributed by atoms with Crippen LogP contribution in [-0.4, -0.2) is 40.3 Å². The molecular weight excluding hydrogens is 388 g/mol. The fourth-order valence-electron chi connectivity index (χ4n) is 2.31. The van der Waals surface area contributed by atoms with Gasteiger partial charge in [-0.15, -0.1) is 0 Å². The third kappa shape index (κ3) is 6.45. The second-order valence-corrected chi connectivity index (χ2v) is 8.60. The molecule has 146 valence electrons. The van der Waals surface area contributed by atoms with E-state index in [0.29, 0.717) is 29.4 Å². The molecule has 0 saturated heterocycles. The summed E-state index contributed by atoms with van der Waals surface area (Å²) in [7, 11) is -1.85. The molecule has 0 aliphatic rings. The number of ether oxygens (including phenoxy) is 1. The minimum Gasteiger partial charge on any atom is -0.481 e. The van der Waals surface area contributed by atoms with Crippen LogP contribution in [-0.2, 0) is 21.2 Å². The quantitative estimate of drug-likeness (QED) is 0.726. The first-order valence-electron chi connectivity index (χ1n) is 8.39. The molecule has 1 amide bonds. The summed E-state index contributed by atoms with van der Waals surface area (Å²) in [6, 6.07) is 14.0. The molecule has 2 aromatic rings. The average Bonchev–Trinajstić information content (AvgIpc) is 2.62. The van der Waals surface area contributed by atoms with Crippen LogP contribution in [0.1, 0.15) is 12.5 Å². The monoisotopic (exact) mass is 410 g/mol. The molecule has 0 fully saturated rings. The van der Waals surface area contributed by atoms with Gasteiger partial charge in [0.2, 0.25) is 10.0 Å². The van der Waals surface area contributed by atoms with Gasteiger partial charge in [-0.3, -0.25) is 9.10 Å². The van der Waals surface area contributed by atoms with Crippen molar-refractivity contribution in [3.05, 3.63) is 59.1 Å². The summed E-state index contributed by atoms with van der Waals surface area (Å²) in [4.78, 5) is 12.2. The first kappa shape index (κ1) is 21.1. The van der Waals surface area contributed by atoms with Crippen molar-refractivity contribution in [2.75, 3.05) is 24.2 Å². The van der Waals surface area contributed by atoms with E-state index in [-0.39, 0.29) is 5.91 Å². The van der Waals surface area contributed by atoms with E-state index >= 15 is 0 Å². The van der Waals surface area contributed by atoms with Gasteiger partial charge in [-0.05, 0) is 55.3 Å². The lowest BCUT2D eigenvalue weighted by Crippen LogP contribution is -2.37. The Kier molecular flexibility index (Phi) is 7.10. The van der Waals surface area contributed by atoms with Crippen molar-refractivity contribution in [2.24, 2.45) is 0 Å². The number of sulfonamides is 1. The predicted molar refractivity (Wildman–Crippen MR) is 108 cm³/mol. The lowest BCUT2D eigenvalue weighted by Gasteiger charge is -2.18. The summed E-state index contributed by atoms with van der Waals surface area (Å²) in [5, 5.41) is 3.51. The molecule has 27 heavy (non-hydrogen) atoms. The van der Waals surface area contributed by atoms with Gasteiger partial charge in [-0.1, -0.05) is 23.7 Å². The summed E-state index contributed by atoms with van der Waals surface area (Å²) in [5.74, 6) is 0.266. The average molecular weight is 411 g/mol. The number of amides is 1. The van der Waals surface area contributed by atoms with Crippen LogP contribution in [0.3, 0.4) is 0 Å². The van der Waals surface area contributed by atoms with E-state index in [9.17, 15) is 13.2 Å². The van der Waals surface area contributed by atoms with Gasteiger partial charge in [0.1, 0.15) is 5.75 Å². The van der Waals surface area contributed by atoms with E-state index < -0.39 is 16.1 Å². The van der Waals surface area contributed by atoms with E-state index in [1.807, 2.05) is 24.3 Å². The summed E-state index contributed by atoms with van der Waals surface area (Å²) < 4.78 is 29.9. The van der Waals surface area contributed by atoms with Crippen LogP contribution in [0.15, 0.2) is 48.5 Å². The molecule has 0 aliphatic heterocycles. The number of carbonyl (C=O) groups excluding carboxylic acids is 1. The first-order valence-corrected chi connectivity index (χ1v) is 10.6. The molecule has 0 unspecified atom stereocenters. The summed E-state index contributed by atoms with van der Waals surface area (Å²) in [6.07, 6.45) is 1.16. The van der Waals surface area contributed by atoms with E-state index in [1.54, 1.807) is 31.2 Å². The van der Waals surface area contributed by atoms with E-state index in [2.05, 4.69) is 5.32 Å². The Labute approximate surface area is 165 Å². The second kappa shape index (κ2) is 9.10. The van der Waals surface area contributed by atoms with Crippen LogP contribution in [0.4, 0.5) is 5.69 Å². The number of nitrogens with one attached hydrogen (secondary N) is 1. The molecule has 0 saturated carbocycles. The van der Waals surface area contributed by atoms with Crippen molar-refractivity contribution in [3.8, 4) is 5.75 Å². The second-order valence-electron chi connectivity index (χ2n) is 6.15. The molecule has 2 aromatic carbocycles. The van der Waals surface area contributed by atoms with Gasteiger partial charge in [0.25, 0.3) is 5.91 Å². The molecular formula is C19H23ClN2O4S. The van der Waals surface area contributed by atoms with Gasteiger partial charge in [0.05, 0.1) is 11.9 Å². The number of benzene rings is 2. The fourth-order valence-corrected chi connectivity index (χ4v) is 2.94. The van der Waals surface area contributed by atoms with Gasteiger partial charge < -0.3 is 10.1 Å². The highest BCUT2D eigenvalue weighted by Crippen LogP contribution is 2.21. The number of nitrogens with zero attached hydrogens (tertiary/aromatic N) is 1. The maximum absolute atomic E-state index is 12.2. The van der Waals surface area contributed by atoms with Crippen LogP contribution < -0.4 is 14.4 Å². The molecule has 0 radical (unpaired) electrons.